The molecule has 174 valence electrons. The maximum Gasteiger partial charge on any atom is 0.265 e. The summed E-state index contributed by atoms with van der Waals surface area (Å²) in [5.74, 6) is -1.49. The average Bonchev–Trinajstić information content (AvgIpc) is 3.04. The largest absolute Gasteiger partial charge is 0.322 e. The molecular formula is C24H20ClN3O5S. The highest BCUT2D eigenvalue weighted by atomic mass is 35.5. The Bertz CT molecular complexity index is 1420. The Morgan fingerprint density at radius 3 is 2.32 bits per heavy atom. The number of hydrogen-bond donors (Lipinski definition) is 1. The number of benzene rings is 3. The van der Waals surface area contributed by atoms with Gasteiger partial charge in [-0.1, -0.05) is 29.8 Å². The quantitative estimate of drug-likeness (QED) is 0.518. The van der Waals surface area contributed by atoms with Crippen molar-refractivity contribution in [3.05, 3.63) is 88.4 Å². The lowest BCUT2D eigenvalue weighted by Crippen LogP contribution is -2.31. The fraction of sp³-hybridized carbons (Fsp3) is 0.125. The minimum Gasteiger partial charge on any atom is -0.322 e. The lowest BCUT2D eigenvalue weighted by molar-refractivity contribution is 0.0693. The molecule has 0 saturated heterocycles. The molecule has 4 rings (SSSR count). The smallest absolute Gasteiger partial charge is 0.265 e. The van der Waals surface area contributed by atoms with Crippen molar-refractivity contribution in [1.82, 2.24) is 4.90 Å². The Balaban J connectivity index is 1.64. The van der Waals surface area contributed by atoms with Crippen LogP contribution in [-0.2, 0) is 10.0 Å². The van der Waals surface area contributed by atoms with Crippen LogP contribution < -0.4 is 9.62 Å². The van der Waals surface area contributed by atoms with Crippen LogP contribution >= 0.6 is 11.6 Å². The molecule has 3 aromatic carbocycles. The zero-order valence-corrected chi connectivity index (χ0v) is 19.9. The maximum absolute atomic E-state index is 13.4. The number of fused-ring (bicyclic) bond motifs is 1. The van der Waals surface area contributed by atoms with Gasteiger partial charge in [-0.15, -0.1) is 0 Å². The third kappa shape index (κ3) is 4.04. The van der Waals surface area contributed by atoms with E-state index in [1.807, 2.05) is 0 Å². The monoisotopic (exact) mass is 497 g/mol. The summed E-state index contributed by atoms with van der Waals surface area (Å²) in [7, 11) is -2.65. The van der Waals surface area contributed by atoms with Crippen LogP contribution in [0.1, 0.15) is 38.0 Å². The van der Waals surface area contributed by atoms with Gasteiger partial charge in [0.2, 0.25) is 0 Å². The highest BCUT2D eigenvalue weighted by Gasteiger charge is 2.33. The van der Waals surface area contributed by atoms with E-state index in [4.69, 9.17) is 11.6 Å². The van der Waals surface area contributed by atoms with Gasteiger partial charge in [0, 0.05) is 24.8 Å². The first-order chi connectivity index (χ1) is 16.1. The number of halogens is 1. The molecule has 0 unspecified atom stereocenters. The van der Waals surface area contributed by atoms with Crippen molar-refractivity contribution >= 4 is 50.7 Å². The van der Waals surface area contributed by atoms with E-state index in [9.17, 15) is 22.8 Å². The third-order valence-electron chi connectivity index (χ3n) is 5.44. The number of imide groups is 1. The van der Waals surface area contributed by atoms with E-state index >= 15 is 0 Å². The van der Waals surface area contributed by atoms with Gasteiger partial charge in [0.1, 0.15) is 4.90 Å². The van der Waals surface area contributed by atoms with Crippen LogP contribution in [0.3, 0.4) is 0 Å². The molecule has 0 aliphatic carbocycles. The molecule has 3 aromatic rings. The van der Waals surface area contributed by atoms with E-state index in [0.29, 0.717) is 5.69 Å². The summed E-state index contributed by atoms with van der Waals surface area (Å²) < 4.78 is 28.0. The lowest BCUT2D eigenvalue weighted by atomic mass is 10.1. The zero-order chi connectivity index (χ0) is 24.6. The number of para-hydroxylation sites is 1. The fourth-order valence-electron chi connectivity index (χ4n) is 3.69. The summed E-state index contributed by atoms with van der Waals surface area (Å²) in [4.78, 5) is 37.9. The number of amides is 3. The molecule has 1 aliphatic rings. The topological polar surface area (TPSA) is 104 Å². The van der Waals surface area contributed by atoms with Crippen LogP contribution in [-0.4, -0.2) is 44.6 Å². The summed E-state index contributed by atoms with van der Waals surface area (Å²) in [6, 6.07) is 17.0. The third-order valence-corrected chi connectivity index (χ3v) is 7.82. The molecule has 0 aromatic heterocycles. The first-order valence-corrected chi connectivity index (χ1v) is 12.1. The molecule has 10 heteroatoms. The Hall–Kier alpha value is -3.69. The number of hydrogen-bond acceptors (Lipinski definition) is 5. The van der Waals surface area contributed by atoms with Gasteiger partial charge in [-0.2, -0.15) is 0 Å². The summed E-state index contributed by atoms with van der Waals surface area (Å²) in [6.07, 6.45) is 0. The second-order valence-electron chi connectivity index (χ2n) is 7.53. The molecule has 34 heavy (non-hydrogen) atoms. The Kier molecular flexibility index (Phi) is 6.16. The molecule has 3 amide bonds. The van der Waals surface area contributed by atoms with E-state index in [1.54, 1.807) is 37.3 Å². The van der Waals surface area contributed by atoms with Crippen molar-refractivity contribution in [3.8, 4) is 0 Å². The minimum atomic E-state index is -4.02. The van der Waals surface area contributed by atoms with Crippen LogP contribution in [0.5, 0.6) is 0 Å². The average molecular weight is 498 g/mol. The first kappa shape index (κ1) is 23.5. The highest BCUT2D eigenvalue weighted by molar-refractivity contribution is 7.93. The van der Waals surface area contributed by atoms with Crippen LogP contribution in [0.2, 0.25) is 5.02 Å². The van der Waals surface area contributed by atoms with Crippen molar-refractivity contribution in [2.24, 2.45) is 0 Å². The molecule has 1 heterocycles. The number of carbonyl (C=O) groups is 3. The van der Waals surface area contributed by atoms with Gasteiger partial charge >= 0.3 is 0 Å². The van der Waals surface area contributed by atoms with Gasteiger partial charge in [0.15, 0.2) is 0 Å². The van der Waals surface area contributed by atoms with Crippen molar-refractivity contribution in [3.63, 3.8) is 0 Å². The van der Waals surface area contributed by atoms with Gasteiger partial charge < -0.3 is 5.32 Å². The molecule has 1 aliphatic heterocycles. The van der Waals surface area contributed by atoms with Gasteiger partial charge in [0.25, 0.3) is 27.7 Å². The van der Waals surface area contributed by atoms with Gasteiger partial charge in [-0.05, 0) is 55.5 Å². The summed E-state index contributed by atoms with van der Waals surface area (Å²) >= 11 is 6.24. The first-order valence-electron chi connectivity index (χ1n) is 10.3. The predicted octanol–water partition coefficient (Wildman–Crippen LogP) is 4.03. The number of anilines is 2. The predicted molar refractivity (Wildman–Crippen MR) is 129 cm³/mol. The molecule has 0 atom stereocenters. The summed E-state index contributed by atoms with van der Waals surface area (Å²) in [5.41, 5.74) is 1.20. The second-order valence-corrected chi connectivity index (χ2v) is 9.77. The van der Waals surface area contributed by atoms with Crippen molar-refractivity contribution in [2.45, 2.75) is 11.8 Å². The van der Waals surface area contributed by atoms with E-state index < -0.39 is 27.7 Å². The fourth-order valence-corrected chi connectivity index (χ4v) is 5.67. The maximum atomic E-state index is 13.4. The number of sulfonamides is 1. The highest BCUT2D eigenvalue weighted by Crippen LogP contribution is 2.31. The summed E-state index contributed by atoms with van der Waals surface area (Å²) in [5, 5.41) is 2.64. The normalized spacial score (nSPS) is 13.1. The van der Waals surface area contributed by atoms with E-state index in [0.717, 1.165) is 4.90 Å². The van der Waals surface area contributed by atoms with Crippen molar-refractivity contribution < 1.29 is 22.8 Å². The van der Waals surface area contributed by atoms with Gasteiger partial charge in [-0.3, -0.25) is 23.6 Å². The molecule has 8 nitrogen and oxygen atoms in total. The summed E-state index contributed by atoms with van der Waals surface area (Å²) in [6.45, 7) is 1.89. The number of carbonyl (C=O) groups excluding carboxylic acids is 3. The Morgan fingerprint density at radius 2 is 1.65 bits per heavy atom. The molecule has 0 spiro atoms. The Labute approximate surface area is 201 Å². The second kappa shape index (κ2) is 8.92. The molecule has 0 bridgehead atoms. The molecule has 1 N–H and O–H groups in total. The van der Waals surface area contributed by atoms with Crippen LogP contribution in [0.15, 0.2) is 71.6 Å². The van der Waals surface area contributed by atoms with E-state index in [-0.39, 0.29) is 38.8 Å². The zero-order valence-electron chi connectivity index (χ0n) is 18.3. The molecular weight excluding hydrogens is 478 g/mol. The minimum absolute atomic E-state index is 0.0112. The SMILES string of the molecule is CCN(c1ccccc1)S(=O)(=O)c1cc(NC(=O)c2ccc3c(c2)C(=O)N(C)C3=O)ccc1Cl. The molecule has 0 radical (unpaired) electrons. The number of nitrogens with one attached hydrogen (secondary N) is 1. The lowest BCUT2D eigenvalue weighted by Gasteiger charge is -2.23. The number of rotatable bonds is 6. The van der Waals surface area contributed by atoms with Gasteiger partial charge in [0.05, 0.1) is 21.8 Å². The van der Waals surface area contributed by atoms with E-state index in [1.165, 1.54) is 47.8 Å². The van der Waals surface area contributed by atoms with Crippen LogP contribution in [0.25, 0.3) is 0 Å². The van der Waals surface area contributed by atoms with Gasteiger partial charge in [-0.25, -0.2) is 8.42 Å². The number of nitrogens with zero attached hydrogens (tertiary/aromatic N) is 2. The molecule has 0 fully saturated rings. The standard InChI is InChI=1S/C24H20ClN3O5S/c1-3-28(17-7-5-4-6-8-17)34(32,33)21-14-16(10-12-20(21)25)26-22(29)15-9-11-18-19(13-15)24(31)27(2)23(18)30/h4-14H,3H2,1-2H3,(H,26,29). The van der Waals surface area contributed by atoms with Crippen LogP contribution in [0.4, 0.5) is 11.4 Å². The van der Waals surface area contributed by atoms with Crippen molar-refractivity contribution in [1.29, 1.82) is 0 Å². The molecule has 0 saturated carbocycles. The van der Waals surface area contributed by atoms with E-state index in [2.05, 4.69) is 5.32 Å². The van der Waals surface area contributed by atoms with Crippen LogP contribution in [0, 0.1) is 0 Å². The Morgan fingerprint density at radius 1 is 0.971 bits per heavy atom. The van der Waals surface area contributed by atoms with Crippen molar-refractivity contribution in [2.75, 3.05) is 23.2 Å².